The van der Waals surface area contributed by atoms with Gasteiger partial charge in [-0.25, -0.2) is 4.98 Å². The molecule has 0 fully saturated rings. The van der Waals surface area contributed by atoms with E-state index in [1.54, 1.807) is 23.1 Å². The highest BCUT2D eigenvalue weighted by Gasteiger charge is 2.15. The fourth-order valence-corrected chi connectivity index (χ4v) is 3.65. The molecule has 0 aliphatic rings. The van der Waals surface area contributed by atoms with Crippen LogP contribution in [-0.4, -0.2) is 33.9 Å². The summed E-state index contributed by atoms with van der Waals surface area (Å²) in [6.07, 6.45) is 1.77. The first-order chi connectivity index (χ1) is 14.5. The number of halogens is 2. The number of H-pyrrole nitrogens is 1. The van der Waals surface area contributed by atoms with Gasteiger partial charge in [-0.2, -0.15) is 0 Å². The number of rotatable bonds is 9. The molecule has 2 aromatic carbocycles. The number of aromatic amines is 1. The number of aromatic nitrogens is 2. The molecule has 0 saturated heterocycles. The molecule has 6 nitrogen and oxygen atoms in total. The van der Waals surface area contributed by atoms with Crippen molar-refractivity contribution in [2.45, 2.75) is 32.7 Å². The summed E-state index contributed by atoms with van der Waals surface area (Å²) >= 11 is 9.43. The van der Waals surface area contributed by atoms with E-state index < -0.39 is 0 Å². The third kappa shape index (κ3) is 6.06. The number of carbonyl (C=O) groups is 1. The summed E-state index contributed by atoms with van der Waals surface area (Å²) in [6.45, 7) is 3.29. The highest BCUT2D eigenvalue weighted by Crippen LogP contribution is 2.18. The molecule has 0 aliphatic heterocycles. The van der Waals surface area contributed by atoms with E-state index in [1.165, 1.54) is 0 Å². The highest BCUT2D eigenvalue weighted by molar-refractivity contribution is 9.10. The molecule has 158 valence electrons. The van der Waals surface area contributed by atoms with E-state index in [2.05, 4.69) is 25.9 Å². The largest absolute Gasteiger partial charge is 0.494 e. The maximum absolute atomic E-state index is 12.7. The summed E-state index contributed by atoms with van der Waals surface area (Å²) in [5.41, 5.74) is 0.283. The summed E-state index contributed by atoms with van der Waals surface area (Å²) in [5, 5.41) is 0.986. The zero-order chi connectivity index (χ0) is 21.5. The lowest BCUT2D eigenvalue weighted by atomic mass is 10.2. The highest BCUT2D eigenvalue weighted by atomic mass is 79.9. The molecule has 0 aliphatic carbocycles. The van der Waals surface area contributed by atoms with Crippen LogP contribution in [0.4, 0.5) is 0 Å². The second kappa shape index (κ2) is 10.6. The van der Waals surface area contributed by atoms with Crippen LogP contribution in [-0.2, 0) is 11.3 Å². The molecular weight excluding hydrogens is 470 g/mol. The molecule has 1 amide bonds. The van der Waals surface area contributed by atoms with E-state index >= 15 is 0 Å². The molecule has 1 heterocycles. The van der Waals surface area contributed by atoms with Crippen LogP contribution in [0, 0.1) is 0 Å². The van der Waals surface area contributed by atoms with Gasteiger partial charge in [-0.05, 0) is 49.2 Å². The fraction of sp³-hybridized carbons (Fsp3) is 0.318. The van der Waals surface area contributed by atoms with Crippen LogP contribution in [0.3, 0.4) is 0 Å². The van der Waals surface area contributed by atoms with Crippen LogP contribution in [0.25, 0.3) is 10.9 Å². The van der Waals surface area contributed by atoms with E-state index in [4.69, 9.17) is 16.3 Å². The summed E-state index contributed by atoms with van der Waals surface area (Å²) < 4.78 is 6.64. The molecule has 1 aromatic heterocycles. The van der Waals surface area contributed by atoms with Crippen molar-refractivity contribution in [1.82, 2.24) is 14.9 Å². The van der Waals surface area contributed by atoms with Gasteiger partial charge < -0.3 is 14.6 Å². The van der Waals surface area contributed by atoms with Crippen LogP contribution < -0.4 is 10.3 Å². The molecule has 0 saturated carbocycles. The van der Waals surface area contributed by atoms with Gasteiger partial charge in [0.1, 0.15) is 11.6 Å². The molecule has 0 atom stereocenters. The molecule has 0 unspecified atom stereocenters. The Balaban J connectivity index is 1.61. The Labute approximate surface area is 188 Å². The predicted molar refractivity (Wildman–Crippen MR) is 122 cm³/mol. The maximum atomic E-state index is 12.7. The number of carbonyl (C=O) groups excluding carboxylic acids is 1. The van der Waals surface area contributed by atoms with Crippen molar-refractivity contribution in [3.63, 3.8) is 0 Å². The van der Waals surface area contributed by atoms with E-state index in [1.807, 2.05) is 31.2 Å². The van der Waals surface area contributed by atoms with Crippen LogP contribution in [0.2, 0.25) is 5.02 Å². The van der Waals surface area contributed by atoms with Gasteiger partial charge in [0.2, 0.25) is 5.91 Å². The molecule has 0 spiro atoms. The number of nitrogens with one attached hydrogen (secondary N) is 1. The third-order valence-electron chi connectivity index (χ3n) is 4.50. The Morgan fingerprint density at radius 1 is 1.27 bits per heavy atom. The summed E-state index contributed by atoms with van der Waals surface area (Å²) in [5.74, 6) is 1.21. The summed E-state index contributed by atoms with van der Waals surface area (Å²) in [4.78, 5) is 34.0. The number of hydrogen-bond donors (Lipinski definition) is 1. The van der Waals surface area contributed by atoms with Crippen molar-refractivity contribution in [3.8, 4) is 5.75 Å². The van der Waals surface area contributed by atoms with Gasteiger partial charge in [0.25, 0.3) is 5.56 Å². The third-order valence-corrected chi connectivity index (χ3v) is 5.23. The van der Waals surface area contributed by atoms with Crippen LogP contribution in [0.5, 0.6) is 5.75 Å². The Bertz CT molecular complexity index is 1090. The second-order valence-electron chi connectivity index (χ2n) is 6.90. The molecular formula is C22H23BrClN3O3. The Morgan fingerprint density at radius 2 is 2.10 bits per heavy atom. The number of hydrogen-bond acceptors (Lipinski definition) is 4. The number of nitrogens with zero attached hydrogens (tertiary/aromatic N) is 2. The molecule has 0 radical (unpaired) electrons. The zero-order valence-electron chi connectivity index (χ0n) is 16.7. The van der Waals surface area contributed by atoms with Gasteiger partial charge in [-0.1, -0.05) is 40.5 Å². The van der Waals surface area contributed by atoms with Gasteiger partial charge in [0.15, 0.2) is 0 Å². The van der Waals surface area contributed by atoms with Crippen LogP contribution in [0.1, 0.15) is 32.0 Å². The Kier molecular flexibility index (Phi) is 7.87. The quantitative estimate of drug-likeness (QED) is 0.430. The summed E-state index contributed by atoms with van der Waals surface area (Å²) in [7, 11) is 0. The van der Waals surface area contributed by atoms with Gasteiger partial charge in [-0.3, -0.25) is 9.59 Å². The molecule has 0 bridgehead atoms. The number of fused-ring (bicyclic) bond motifs is 1. The van der Waals surface area contributed by atoms with E-state index in [0.717, 1.165) is 16.6 Å². The molecule has 1 N–H and O–H groups in total. The van der Waals surface area contributed by atoms with Crippen molar-refractivity contribution < 1.29 is 9.53 Å². The molecule has 30 heavy (non-hydrogen) atoms. The van der Waals surface area contributed by atoms with E-state index in [0.29, 0.717) is 47.7 Å². The minimum atomic E-state index is -0.238. The van der Waals surface area contributed by atoms with Crippen molar-refractivity contribution >= 4 is 44.3 Å². The van der Waals surface area contributed by atoms with Crippen LogP contribution >= 0.6 is 27.5 Å². The number of amides is 1. The lowest BCUT2D eigenvalue weighted by molar-refractivity contribution is -0.132. The summed E-state index contributed by atoms with van der Waals surface area (Å²) in [6, 6.07) is 12.6. The minimum absolute atomic E-state index is 0.00327. The van der Waals surface area contributed by atoms with Gasteiger partial charge in [0.05, 0.1) is 24.1 Å². The standard InChI is InChI=1S/C22H23BrClN3O3/c1-2-10-27(21(28)7-4-11-30-17-6-3-5-15(23)12-17)14-20-25-19-13-16(24)8-9-18(19)22(29)26-20/h3,5-6,8-9,12-13H,2,4,7,10-11,14H2,1H3,(H,25,26,29). The molecule has 3 aromatic rings. The average molecular weight is 493 g/mol. The Hall–Kier alpha value is -2.38. The molecule has 3 rings (SSSR count). The number of benzene rings is 2. The fourth-order valence-electron chi connectivity index (χ4n) is 3.11. The van der Waals surface area contributed by atoms with Crippen LogP contribution in [0.15, 0.2) is 51.7 Å². The lowest BCUT2D eigenvalue weighted by Gasteiger charge is -2.21. The van der Waals surface area contributed by atoms with Crippen molar-refractivity contribution in [3.05, 3.63) is 68.1 Å². The average Bonchev–Trinajstić information content (AvgIpc) is 2.70. The van der Waals surface area contributed by atoms with E-state index in [9.17, 15) is 9.59 Å². The Morgan fingerprint density at radius 3 is 2.87 bits per heavy atom. The second-order valence-corrected chi connectivity index (χ2v) is 8.25. The maximum Gasteiger partial charge on any atom is 0.258 e. The first kappa shape index (κ1) is 22.3. The first-order valence-electron chi connectivity index (χ1n) is 9.81. The smallest absolute Gasteiger partial charge is 0.258 e. The monoisotopic (exact) mass is 491 g/mol. The predicted octanol–water partition coefficient (Wildman–Crippen LogP) is 4.94. The normalized spacial score (nSPS) is 10.9. The number of ether oxygens (including phenoxy) is 1. The van der Waals surface area contributed by atoms with Crippen molar-refractivity contribution in [1.29, 1.82) is 0 Å². The van der Waals surface area contributed by atoms with E-state index in [-0.39, 0.29) is 18.0 Å². The molecule has 8 heteroatoms. The van der Waals surface area contributed by atoms with Crippen molar-refractivity contribution in [2.75, 3.05) is 13.2 Å². The lowest BCUT2D eigenvalue weighted by Crippen LogP contribution is -2.32. The first-order valence-corrected chi connectivity index (χ1v) is 11.0. The van der Waals surface area contributed by atoms with Gasteiger partial charge in [0, 0.05) is 22.5 Å². The topological polar surface area (TPSA) is 75.3 Å². The minimum Gasteiger partial charge on any atom is -0.494 e. The van der Waals surface area contributed by atoms with Gasteiger partial charge >= 0.3 is 0 Å². The van der Waals surface area contributed by atoms with Crippen molar-refractivity contribution in [2.24, 2.45) is 0 Å². The van der Waals surface area contributed by atoms with Gasteiger partial charge in [-0.15, -0.1) is 0 Å². The zero-order valence-corrected chi connectivity index (χ0v) is 19.0. The SMILES string of the molecule is CCCN(Cc1nc2cc(Cl)ccc2c(=O)[nH]1)C(=O)CCCOc1cccc(Br)c1.